The molecule has 0 radical (unpaired) electrons. The van der Waals surface area contributed by atoms with Crippen molar-refractivity contribution in [1.29, 1.82) is 0 Å². The van der Waals surface area contributed by atoms with Gasteiger partial charge in [-0.05, 0) is 60.4 Å². The van der Waals surface area contributed by atoms with Crippen LogP contribution < -0.4 is 9.46 Å². The molecule has 1 heterocycles. The van der Waals surface area contributed by atoms with Crippen LogP contribution in [0.15, 0.2) is 48.5 Å². The zero-order valence-electron chi connectivity index (χ0n) is 18.3. The summed E-state index contributed by atoms with van der Waals surface area (Å²) in [7, 11) is -1.50. The number of amides is 1. The van der Waals surface area contributed by atoms with Crippen molar-refractivity contribution in [3.63, 3.8) is 0 Å². The maximum atomic E-state index is 12.7. The number of likely N-dealkylation sites (tertiary alicyclic amines) is 1. The van der Waals surface area contributed by atoms with E-state index in [2.05, 4.69) is 29.0 Å². The van der Waals surface area contributed by atoms with Crippen molar-refractivity contribution < 1.29 is 17.9 Å². The van der Waals surface area contributed by atoms with Crippen LogP contribution in [0.5, 0.6) is 5.75 Å². The van der Waals surface area contributed by atoms with Crippen molar-refractivity contribution in [3.05, 3.63) is 65.2 Å². The molecule has 0 spiro atoms. The fourth-order valence-corrected chi connectivity index (χ4v) is 4.48. The van der Waals surface area contributed by atoms with E-state index in [9.17, 15) is 13.2 Å². The van der Waals surface area contributed by atoms with E-state index in [-0.39, 0.29) is 5.91 Å². The molecule has 1 amide bonds. The highest BCUT2D eigenvalue weighted by atomic mass is 32.2. The molecule has 2 aromatic rings. The SMILES string of the molecule is COc1cccc(CC(=O)N2CCC(Cc3ccc(CCNS(C)(=O)=O)cc3)CC2)c1. The first-order valence-corrected chi connectivity index (χ1v) is 12.6. The van der Waals surface area contributed by atoms with Gasteiger partial charge in [0.1, 0.15) is 5.75 Å². The van der Waals surface area contributed by atoms with Crippen LogP contribution in [0.4, 0.5) is 0 Å². The predicted octanol–water partition coefficient (Wildman–Crippen LogP) is 2.81. The van der Waals surface area contributed by atoms with Crippen LogP contribution >= 0.6 is 0 Å². The molecule has 3 rings (SSSR count). The van der Waals surface area contributed by atoms with Gasteiger partial charge in [0.25, 0.3) is 0 Å². The molecule has 0 saturated carbocycles. The van der Waals surface area contributed by atoms with Crippen LogP contribution in [0.25, 0.3) is 0 Å². The summed E-state index contributed by atoms with van der Waals surface area (Å²) in [5.41, 5.74) is 3.40. The first-order chi connectivity index (χ1) is 14.8. The maximum absolute atomic E-state index is 12.7. The summed E-state index contributed by atoms with van der Waals surface area (Å²) in [5, 5.41) is 0. The van der Waals surface area contributed by atoms with Crippen LogP contribution in [-0.4, -0.2) is 52.2 Å². The third-order valence-corrected chi connectivity index (χ3v) is 6.51. The number of nitrogens with zero attached hydrogens (tertiary/aromatic N) is 1. The Hall–Kier alpha value is -2.38. The Balaban J connectivity index is 1.42. The lowest BCUT2D eigenvalue weighted by Gasteiger charge is -2.32. The van der Waals surface area contributed by atoms with Gasteiger partial charge in [-0.15, -0.1) is 0 Å². The molecule has 1 fully saturated rings. The van der Waals surface area contributed by atoms with E-state index < -0.39 is 10.0 Å². The number of piperidine rings is 1. The molecule has 0 unspecified atom stereocenters. The van der Waals surface area contributed by atoms with Crippen LogP contribution in [0.3, 0.4) is 0 Å². The number of benzene rings is 2. The first kappa shape index (κ1) is 23.3. The normalized spacial score (nSPS) is 15.1. The van der Waals surface area contributed by atoms with E-state index in [0.717, 1.165) is 49.2 Å². The maximum Gasteiger partial charge on any atom is 0.226 e. The summed E-state index contributed by atoms with van der Waals surface area (Å²) in [6.45, 7) is 2.03. The molecule has 0 aliphatic carbocycles. The van der Waals surface area contributed by atoms with Gasteiger partial charge >= 0.3 is 0 Å². The number of carbonyl (C=O) groups is 1. The van der Waals surface area contributed by atoms with Gasteiger partial charge in [-0.1, -0.05) is 36.4 Å². The van der Waals surface area contributed by atoms with Crippen molar-refractivity contribution in [3.8, 4) is 5.75 Å². The van der Waals surface area contributed by atoms with E-state index in [1.165, 1.54) is 11.8 Å². The second-order valence-corrected chi connectivity index (χ2v) is 10.1. The lowest BCUT2D eigenvalue weighted by atomic mass is 9.89. The molecule has 2 aromatic carbocycles. The van der Waals surface area contributed by atoms with Gasteiger partial charge in [0.15, 0.2) is 0 Å². The van der Waals surface area contributed by atoms with Gasteiger partial charge in [-0.3, -0.25) is 4.79 Å². The van der Waals surface area contributed by atoms with Crippen LogP contribution in [-0.2, 0) is 34.1 Å². The molecule has 0 atom stereocenters. The monoisotopic (exact) mass is 444 g/mol. The number of methoxy groups -OCH3 is 1. The molecule has 0 aromatic heterocycles. The summed E-state index contributed by atoms with van der Waals surface area (Å²) >= 11 is 0. The van der Waals surface area contributed by atoms with Crippen molar-refractivity contribution in [2.45, 2.75) is 32.1 Å². The van der Waals surface area contributed by atoms with Crippen LogP contribution in [0.1, 0.15) is 29.5 Å². The largest absolute Gasteiger partial charge is 0.497 e. The molecule has 1 aliphatic rings. The van der Waals surface area contributed by atoms with Crippen molar-refractivity contribution >= 4 is 15.9 Å². The molecule has 0 bridgehead atoms. The summed E-state index contributed by atoms with van der Waals surface area (Å²) in [4.78, 5) is 14.6. The van der Waals surface area contributed by atoms with Crippen LogP contribution in [0, 0.1) is 5.92 Å². The number of rotatable bonds is 9. The minimum absolute atomic E-state index is 0.179. The summed E-state index contributed by atoms with van der Waals surface area (Å²) in [5.74, 6) is 1.54. The Morgan fingerprint density at radius 2 is 1.74 bits per heavy atom. The van der Waals surface area contributed by atoms with Gasteiger partial charge in [0.05, 0.1) is 19.8 Å². The third kappa shape index (κ3) is 7.67. The predicted molar refractivity (Wildman–Crippen MR) is 123 cm³/mol. The topological polar surface area (TPSA) is 75.7 Å². The molecule has 7 heteroatoms. The zero-order chi connectivity index (χ0) is 22.3. The number of hydrogen-bond acceptors (Lipinski definition) is 4. The fourth-order valence-electron chi connectivity index (χ4n) is 4.01. The second-order valence-electron chi connectivity index (χ2n) is 8.29. The third-order valence-electron chi connectivity index (χ3n) is 5.78. The Bertz CT molecular complexity index is 965. The molecule has 6 nitrogen and oxygen atoms in total. The number of nitrogens with one attached hydrogen (secondary N) is 1. The lowest BCUT2D eigenvalue weighted by Crippen LogP contribution is -2.39. The van der Waals surface area contributed by atoms with Gasteiger partial charge in [-0.2, -0.15) is 0 Å². The molecule has 168 valence electrons. The highest BCUT2D eigenvalue weighted by Crippen LogP contribution is 2.23. The number of hydrogen-bond donors (Lipinski definition) is 1. The minimum atomic E-state index is -3.14. The Labute approximate surface area is 185 Å². The first-order valence-electron chi connectivity index (χ1n) is 10.8. The van der Waals surface area contributed by atoms with E-state index in [1.807, 2.05) is 29.2 Å². The molecule has 1 aliphatic heterocycles. The quantitative estimate of drug-likeness (QED) is 0.645. The Morgan fingerprint density at radius 3 is 2.39 bits per heavy atom. The Morgan fingerprint density at radius 1 is 1.06 bits per heavy atom. The van der Waals surface area contributed by atoms with E-state index >= 15 is 0 Å². The highest BCUT2D eigenvalue weighted by Gasteiger charge is 2.23. The molecule has 1 saturated heterocycles. The number of ether oxygens (including phenoxy) is 1. The van der Waals surface area contributed by atoms with E-state index in [0.29, 0.717) is 25.3 Å². The molecule has 1 N–H and O–H groups in total. The molecule has 31 heavy (non-hydrogen) atoms. The number of carbonyl (C=O) groups excluding carboxylic acids is 1. The Kier molecular flexibility index (Phi) is 8.09. The van der Waals surface area contributed by atoms with Gasteiger partial charge < -0.3 is 9.64 Å². The van der Waals surface area contributed by atoms with E-state index in [4.69, 9.17) is 4.74 Å². The van der Waals surface area contributed by atoms with Gasteiger partial charge in [-0.25, -0.2) is 13.1 Å². The minimum Gasteiger partial charge on any atom is -0.497 e. The number of sulfonamides is 1. The molecular formula is C24H32N2O4S. The van der Waals surface area contributed by atoms with Crippen molar-refractivity contribution in [2.75, 3.05) is 33.0 Å². The summed E-state index contributed by atoms with van der Waals surface area (Å²) in [6, 6.07) is 16.1. The summed E-state index contributed by atoms with van der Waals surface area (Å²) < 4.78 is 30.0. The molecular weight excluding hydrogens is 412 g/mol. The zero-order valence-corrected chi connectivity index (χ0v) is 19.2. The lowest BCUT2D eigenvalue weighted by molar-refractivity contribution is -0.131. The fraction of sp³-hybridized carbons (Fsp3) is 0.458. The van der Waals surface area contributed by atoms with E-state index in [1.54, 1.807) is 7.11 Å². The van der Waals surface area contributed by atoms with Gasteiger partial charge in [0, 0.05) is 19.6 Å². The highest BCUT2D eigenvalue weighted by molar-refractivity contribution is 7.88. The standard InChI is InChI=1S/C24H32N2O4S/c1-30-23-5-3-4-22(17-23)18-24(27)26-14-11-21(12-15-26)16-20-8-6-19(7-9-20)10-13-25-31(2,28)29/h3-9,17,21,25H,10-16,18H2,1-2H3. The average molecular weight is 445 g/mol. The summed E-state index contributed by atoms with van der Waals surface area (Å²) in [6.07, 6.45) is 5.32. The smallest absolute Gasteiger partial charge is 0.226 e. The van der Waals surface area contributed by atoms with Crippen molar-refractivity contribution in [1.82, 2.24) is 9.62 Å². The van der Waals surface area contributed by atoms with Crippen molar-refractivity contribution in [2.24, 2.45) is 5.92 Å². The average Bonchev–Trinajstić information content (AvgIpc) is 2.75. The second kappa shape index (κ2) is 10.8. The van der Waals surface area contributed by atoms with Gasteiger partial charge in [0.2, 0.25) is 15.9 Å². The van der Waals surface area contributed by atoms with Crippen LogP contribution in [0.2, 0.25) is 0 Å².